The van der Waals surface area contributed by atoms with Gasteiger partial charge in [-0.2, -0.15) is 0 Å². The number of hydrogen-bond acceptors (Lipinski definition) is 2. The number of carbonyl (C=O) groups excluding carboxylic acids is 1. The van der Waals surface area contributed by atoms with Crippen LogP contribution in [0.5, 0.6) is 0 Å². The Morgan fingerprint density at radius 3 is 2.75 bits per heavy atom. The molecule has 78 valence electrons. The Morgan fingerprint density at radius 1 is 1.31 bits per heavy atom. The van der Waals surface area contributed by atoms with Crippen molar-refractivity contribution in [3.63, 3.8) is 0 Å². The molecule has 0 spiro atoms. The molecule has 0 saturated heterocycles. The average Bonchev–Trinajstić information content (AvgIpc) is 2.77. The number of benzene rings is 1. The molecule has 0 unspecified atom stereocenters. The molecule has 0 amide bonds. The SMILES string of the molecule is C#Cc1cc(F)ccc1-c1ccc(C=O)o1. The van der Waals surface area contributed by atoms with Crippen LogP contribution in [0.3, 0.4) is 0 Å². The van der Waals surface area contributed by atoms with Crippen LogP contribution in [0.15, 0.2) is 34.7 Å². The van der Waals surface area contributed by atoms with Gasteiger partial charge >= 0.3 is 0 Å². The van der Waals surface area contributed by atoms with Crippen molar-refractivity contribution < 1.29 is 13.6 Å². The van der Waals surface area contributed by atoms with E-state index in [0.717, 1.165) is 0 Å². The first-order valence-corrected chi connectivity index (χ1v) is 4.56. The summed E-state index contributed by atoms with van der Waals surface area (Å²) >= 11 is 0. The molecule has 2 rings (SSSR count). The van der Waals surface area contributed by atoms with E-state index in [-0.39, 0.29) is 5.76 Å². The molecule has 0 aliphatic carbocycles. The maximum absolute atomic E-state index is 12.9. The van der Waals surface area contributed by atoms with E-state index in [4.69, 9.17) is 10.8 Å². The Bertz CT molecular complexity index is 576. The first-order chi connectivity index (χ1) is 7.74. The summed E-state index contributed by atoms with van der Waals surface area (Å²) in [6, 6.07) is 7.22. The number of halogens is 1. The minimum absolute atomic E-state index is 0.210. The molecule has 3 heteroatoms. The van der Waals surface area contributed by atoms with Crippen molar-refractivity contribution >= 4 is 6.29 Å². The van der Waals surface area contributed by atoms with Gasteiger partial charge in [-0.15, -0.1) is 6.42 Å². The molecule has 2 aromatic rings. The van der Waals surface area contributed by atoms with Gasteiger partial charge in [0.05, 0.1) is 0 Å². The molecule has 2 nitrogen and oxygen atoms in total. The van der Waals surface area contributed by atoms with Crippen molar-refractivity contribution in [2.75, 3.05) is 0 Å². The second-order valence-corrected chi connectivity index (χ2v) is 3.15. The van der Waals surface area contributed by atoms with Crippen LogP contribution < -0.4 is 0 Å². The molecule has 0 bridgehead atoms. The van der Waals surface area contributed by atoms with Crippen LogP contribution in [-0.2, 0) is 0 Å². The van der Waals surface area contributed by atoms with Gasteiger partial charge in [0.2, 0.25) is 0 Å². The first-order valence-electron chi connectivity index (χ1n) is 4.56. The number of aldehydes is 1. The summed E-state index contributed by atoms with van der Waals surface area (Å²) in [6.45, 7) is 0. The normalized spacial score (nSPS) is 9.75. The van der Waals surface area contributed by atoms with Crippen LogP contribution >= 0.6 is 0 Å². The molecule has 1 heterocycles. The zero-order valence-corrected chi connectivity index (χ0v) is 8.24. The smallest absolute Gasteiger partial charge is 0.185 e. The quantitative estimate of drug-likeness (QED) is 0.568. The van der Waals surface area contributed by atoms with E-state index in [1.807, 2.05) is 0 Å². The highest BCUT2D eigenvalue weighted by molar-refractivity contribution is 5.74. The predicted octanol–water partition coefficient (Wildman–Crippen LogP) is 2.88. The summed E-state index contributed by atoms with van der Waals surface area (Å²) in [5.74, 6) is 2.63. The van der Waals surface area contributed by atoms with Gasteiger partial charge in [0, 0.05) is 11.1 Å². The van der Waals surface area contributed by atoms with E-state index in [2.05, 4.69) is 5.92 Å². The fraction of sp³-hybridized carbons (Fsp3) is 0. The lowest BCUT2D eigenvalue weighted by atomic mass is 10.1. The molecule has 0 atom stereocenters. The molecule has 1 aromatic heterocycles. The summed E-state index contributed by atoms with van der Waals surface area (Å²) in [5.41, 5.74) is 0.990. The van der Waals surface area contributed by atoms with Gasteiger partial charge in [0.1, 0.15) is 11.6 Å². The van der Waals surface area contributed by atoms with Gasteiger partial charge < -0.3 is 4.42 Å². The fourth-order valence-corrected chi connectivity index (χ4v) is 1.41. The molecule has 0 radical (unpaired) electrons. The summed E-state index contributed by atoms with van der Waals surface area (Å²) in [7, 11) is 0. The van der Waals surface area contributed by atoms with Crippen LogP contribution in [0.25, 0.3) is 11.3 Å². The Morgan fingerprint density at radius 2 is 2.12 bits per heavy atom. The molecular formula is C13H7FO2. The highest BCUT2D eigenvalue weighted by Crippen LogP contribution is 2.25. The third-order valence-electron chi connectivity index (χ3n) is 2.15. The van der Waals surface area contributed by atoms with Gasteiger partial charge in [0.15, 0.2) is 12.0 Å². The van der Waals surface area contributed by atoms with Crippen molar-refractivity contribution in [3.05, 3.63) is 47.5 Å². The summed E-state index contributed by atoms with van der Waals surface area (Å²) in [6.07, 6.45) is 5.87. The number of furan rings is 1. The van der Waals surface area contributed by atoms with E-state index in [0.29, 0.717) is 23.2 Å². The van der Waals surface area contributed by atoms with E-state index in [9.17, 15) is 9.18 Å². The van der Waals surface area contributed by atoms with Crippen LogP contribution in [0.4, 0.5) is 4.39 Å². The van der Waals surface area contributed by atoms with E-state index < -0.39 is 5.82 Å². The molecule has 1 aromatic carbocycles. The van der Waals surface area contributed by atoms with E-state index in [1.54, 1.807) is 6.07 Å². The average molecular weight is 214 g/mol. The monoisotopic (exact) mass is 214 g/mol. The number of carbonyl (C=O) groups is 1. The van der Waals surface area contributed by atoms with Crippen molar-refractivity contribution in [1.29, 1.82) is 0 Å². The summed E-state index contributed by atoms with van der Waals surface area (Å²) in [5, 5.41) is 0. The second-order valence-electron chi connectivity index (χ2n) is 3.15. The van der Waals surface area contributed by atoms with Gasteiger partial charge in [-0.1, -0.05) is 5.92 Å². The van der Waals surface area contributed by atoms with Crippen molar-refractivity contribution in [1.82, 2.24) is 0 Å². The minimum atomic E-state index is -0.404. The number of terminal acetylenes is 1. The lowest BCUT2D eigenvalue weighted by Crippen LogP contribution is -1.84. The van der Waals surface area contributed by atoms with Crippen LogP contribution in [0.2, 0.25) is 0 Å². The Labute approximate surface area is 91.7 Å². The second kappa shape index (κ2) is 4.03. The maximum atomic E-state index is 12.9. The van der Waals surface area contributed by atoms with Gasteiger partial charge in [-0.3, -0.25) is 4.79 Å². The molecular weight excluding hydrogens is 207 g/mol. The molecule has 0 fully saturated rings. The predicted molar refractivity (Wildman–Crippen MR) is 57.4 cm³/mol. The zero-order chi connectivity index (χ0) is 11.5. The Hall–Kier alpha value is -2.34. The highest BCUT2D eigenvalue weighted by Gasteiger charge is 2.09. The van der Waals surface area contributed by atoms with E-state index >= 15 is 0 Å². The van der Waals surface area contributed by atoms with Gasteiger partial charge in [0.25, 0.3) is 0 Å². The van der Waals surface area contributed by atoms with Crippen LogP contribution in [0.1, 0.15) is 16.1 Å². The van der Waals surface area contributed by atoms with Crippen LogP contribution in [-0.4, -0.2) is 6.29 Å². The van der Waals surface area contributed by atoms with Crippen LogP contribution in [0, 0.1) is 18.2 Å². The Kier molecular flexibility index (Phi) is 2.57. The highest BCUT2D eigenvalue weighted by atomic mass is 19.1. The molecule has 0 saturated carbocycles. The van der Waals surface area contributed by atoms with Gasteiger partial charge in [-0.25, -0.2) is 4.39 Å². The molecule has 0 aliphatic heterocycles. The standard InChI is InChI=1S/C13H7FO2/c1-2-9-7-10(14)3-5-12(9)13-6-4-11(8-15)16-13/h1,3-8H. The topological polar surface area (TPSA) is 30.2 Å². The largest absolute Gasteiger partial charge is 0.453 e. The molecule has 16 heavy (non-hydrogen) atoms. The number of rotatable bonds is 2. The van der Waals surface area contributed by atoms with Crippen molar-refractivity contribution in [2.45, 2.75) is 0 Å². The minimum Gasteiger partial charge on any atom is -0.453 e. The number of hydrogen-bond donors (Lipinski definition) is 0. The summed E-state index contributed by atoms with van der Waals surface area (Å²) in [4.78, 5) is 10.5. The Balaban J connectivity index is 2.55. The maximum Gasteiger partial charge on any atom is 0.185 e. The first kappa shape index (κ1) is 10.2. The van der Waals surface area contributed by atoms with Gasteiger partial charge in [-0.05, 0) is 30.3 Å². The lowest BCUT2D eigenvalue weighted by Gasteiger charge is -2.00. The lowest BCUT2D eigenvalue weighted by molar-refractivity contribution is 0.110. The third-order valence-corrected chi connectivity index (χ3v) is 2.15. The third kappa shape index (κ3) is 1.73. The zero-order valence-electron chi connectivity index (χ0n) is 8.24. The fourth-order valence-electron chi connectivity index (χ4n) is 1.41. The molecule has 0 aliphatic rings. The van der Waals surface area contributed by atoms with Crippen molar-refractivity contribution in [2.24, 2.45) is 0 Å². The summed E-state index contributed by atoms with van der Waals surface area (Å²) < 4.78 is 18.2. The van der Waals surface area contributed by atoms with Crippen molar-refractivity contribution in [3.8, 4) is 23.7 Å². The van der Waals surface area contributed by atoms with E-state index in [1.165, 1.54) is 24.3 Å². The molecule has 0 N–H and O–H groups in total.